The van der Waals surface area contributed by atoms with Crippen LogP contribution in [0.25, 0.3) is 0 Å². The maximum absolute atomic E-state index is 11.6. The van der Waals surface area contributed by atoms with Crippen LogP contribution in [0.15, 0.2) is 11.6 Å². The molecule has 1 amide bonds. The van der Waals surface area contributed by atoms with Gasteiger partial charge in [0.1, 0.15) is 6.04 Å². The van der Waals surface area contributed by atoms with Crippen LogP contribution in [-0.2, 0) is 9.59 Å². The molecule has 0 spiro atoms. The molecule has 4 heteroatoms. The zero-order chi connectivity index (χ0) is 11.4. The number of carbonyl (C=O) groups is 2. The molecule has 0 radical (unpaired) electrons. The third-order valence-corrected chi connectivity index (χ3v) is 2.60. The second-order valence-corrected chi connectivity index (χ2v) is 3.78. The number of aliphatic carboxylic acids is 1. The second kappa shape index (κ2) is 4.96. The fourth-order valence-corrected chi connectivity index (χ4v) is 1.86. The minimum Gasteiger partial charge on any atom is -0.480 e. The first kappa shape index (κ1) is 11.8. The zero-order valence-corrected chi connectivity index (χ0v) is 9.19. The summed E-state index contributed by atoms with van der Waals surface area (Å²) in [6.45, 7) is 4.31. The molecule has 1 rings (SSSR count). The van der Waals surface area contributed by atoms with E-state index in [0.29, 0.717) is 13.0 Å². The Labute approximate surface area is 89.6 Å². The summed E-state index contributed by atoms with van der Waals surface area (Å²) in [5, 5.41) is 8.95. The Morgan fingerprint density at radius 1 is 1.60 bits per heavy atom. The van der Waals surface area contributed by atoms with Gasteiger partial charge in [-0.2, -0.15) is 0 Å². The normalized spacial score (nSPS) is 17.9. The third-order valence-electron chi connectivity index (χ3n) is 2.60. The number of carbonyl (C=O) groups excluding carboxylic acids is 1. The highest BCUT2D eigenvalue weighted by Crippen LogP contribution is 2.19. The highest BCUT2D eigenvalue weighted by molar-refractivity contribution is 5.94. The summed E-state index contributed by atoms with van der Waals surface area (Å²) in [7, 11) is 0. The Morgan fingerprint density at radius 2 is 2.27 bits per heavy atom. The van der Waals surface area contributed by atoms with Crippen LogP contribution in [0.4, 0.5) is 0 Å². The summed E-state index contributed by atoms with van der Waals surface area (Å²) in [5.74, 6) is -1.08. The molecule has 0 saturated carbocycles. The van der Waals surface area contributed by atoms with Gasteiger partial charge in [-0.1, -0.05) is 20.3 Å². The van der Waals surface area contributed by atoms with E-state index in [1.165, 1.54) is 4.90 Å². The van der Waals surface area contributed by atoms with Gasteiger partial charge < -0.3 is 10.0 Å². The van der Waals surface area contributed by atoms with Crippen molar-refractivity contribution in [2.24, 2.45) is 0 Å². The zero-order valence-electron chi connectivity index (χ0n) is 9.19. The van der Waals surface area contributed by atoms with Crippen LogP contribution in [0.2, 0.25) is 0 Å². The lowest BCUT2D eigenvalue weighted by Gasteiger charge is -2.23. The first-order valence-corrected chi connectivity index (χ1v) is 5.33. The van der Waals surface area contributed by atoms with Crippen molar-refractivity contribution in [2.75, 3.05) is 6.54 Å². The summed E-state index contributed by atoms with van der Waals surface area (Å²) in [5.41, 5.74) is 1.04. The number of amides is 1. The van der Waals surface area contributed by atoms with Crippen LogP contribution < -0.4 is 0 Å². The van der Waals surface area contributed by atoms with Crippen LogP contribution in [0.5, 0.6) is 0 Å². The highest BCUT2D eigenvalue weighted by atomic mass is 16.4. The average Bonchev–Trinajstić information content (AvgIpc) is 2.49. The first-order valence-electron chi connectivity index (χ1n) is 5.33. The summed E-state index contributed by atoms with van der Waals surface area (Å²) in [4.78, 5) is 23.9. The number of carboxylic acid groups (broad SMARTS) is 1. The van der Waals surface area contributed by atoms with E-state index in [4.69, 9.17) is 5.11 Å². The van der Waals surface area contributed by atoms with Crippen molar-refractivity contribution in [1.29, 1.82) is 0 Å². The molecule has 1 N–H and O–H groups in total. The van der Waals surface area contributed by atoms with Crippen molar-refractivity contribution in [1.82, 2.24) is 4.90 Å². The minimum absolute atomic E-state index is 0.160. The van der Waals surface area contributed by atoms with Gasteiger partial charge in [-0.15, -0.1) is 0 Å². The van der Waals surface area contributed by atoms with Crippen LogP contribution in [0.3, 0.4) is 0 Å². The predicted octanol–water partition coefficient (Wildman–Crippen LogP) is 1.42. The fourth-order valence-electron chi connectivity index (χ4n) is 1.86. The lowest BCUT2D eigenvalue weighted by Crippen LogP contribution is -2.42. The molecule has 0 saturated heterocycles. The molecule has 0 aliphatic carbocycles. The monoisotopic (exact) mass is 211 g/mol. The van der Waals surface area contributed by atoms with E-state index in [-0.39, 0.29) is 5.91 Å². The van der Waals surface area contributed by atoms with Gasteiger partial charge in [-0.05, 0) is 18.4 Å². The summed E-state index contributed by atoms with van der Waals surface area (Å²) < 4.78 is 0. The Bertz CT molecular complexity index is 296. The molecule has 1 unspecified atom stereocenters. The largest absolute Gasteiger partial charge is 0.480 e. The smallest absolute Gasteiger partial charge is 0.326 e. The quantitative estimate of drug-likeness (QED) is 0.748. The molecule has 15 heavy (non-hydrogen) atoms. The molecule has 0 bridgehead atoms. The Morgan fingerprint density at radius 3 is 2.73 bits per heavy atom. The van der Waals surface area contributed by atoms with E-state index in [9.17, 15) is 9.59 Å². The Balaban J connectivity index is 2.68. The van der Waals surface area contributed by atoms with E-state index in [2.05, 4.69) is 0 Å². The van der Waals surface area contributed by atoms with Gasteiger partial charge >= 0.3 is 5.97 Å². The van der Waals surface area contributed by atoms with E-state index in [0.717, 1.165) is 18.4 Å². The van der Waals surface area contributed by atoms with Gasteiger partial charge in [-0.3, -0.25) is 4.79 Å². The van der Waals surface area contributed by atoms with Gasteiger partial charge in [0.05, 0.1) is 0 Å². The van der Waals surface area contributed by atoms with Crippen LogP contribution in [0.1, 0.15) is 33.1 Å². The summed E-state index contributed by atoms with van der Waals surface area (Å²) in [6, 6.07) is -0.678. The second-order valence-electron chi connectivity index (χ2n) is 3.78. The van der Waals surface area contributed by atoms with Crippen molar-refractivity contribution in [3.8, 4) is 0 Å². The van der Waals surface area contributed by atoms with Crippen molar-refractivity contribution in [3.63, 3.8) is 0 Å². The molecule has 0 aromatic heterocycles. The van der Waals surface area contributed by atoms with Crippen LogP contribution >= 0.6 is 0 Å². The van der Waals surface area contributed by atoms with Gasteiger partial charge in [0.15, 0.2) is 0 Å². The van der Waals surface area contributed by atoms with Gasteiger partial charge in [0.2, 0.25) is 5.91 Å². The van der Waals surface area contributed by atoms with Crippen molar-refractivity contribution in [2.45, 2.75) is 39.2 Å². The van der Waals surface area contributed by atoms with Gasteiger partial charge in [0.25, 0.3) is 0 Å². The molecule has 0 fully saturated rings. The predicted molar refractivity (Wildman–Crippen MR) is 56.4 cm³/mol. The molecule has 0 aromatic carbocycles. The Kier molecular flexibility index (Phi) is 3.88. The standard InChI is InChI=1S/C11H17NO3/c1-3-5-8-6-10(13)12(7-8)9(4-2)11(14)15/h6,9H,3-5,7H2,1-2H3,(H,14,15). The molecule has 1 aliphatic heterocycles. The molecule has 84 valence electrons. The van der Waals surface area contributed by atoms with Crippen molar-refractivity contribution < 1.29 is 14.7 Å². The fraction of sp³-hybridized carbons (Fsp3) is 0.636. The molecule has 4 nitrogen and oxygen atoms in total. The number of rotatable bonds is 5. The van der Waals surface area contributed by atoms with E-state index >= 15 is 0 Å². The molecule has 1 heterocycles. The summed E-state index contributed by atoms with van der Waals surface area (Å²) in [6.07, 6.45) is 3.89. The maximum atomic E-state index is 11.6. The first-order chi connectivity index (χ1) is 7.10. The Hall–Kier alpha value is -1.32. The summed E-state index contributed by atoms with van der Waals surface area (Å²) >= 11 is 0. The van der Waals surface area contributed by atoms with E-state index in [1.54, 1.807) is 13.0 Å². The molecule has 1 aliphatic rings. The molecular formula is C11H17NO3. The maximum Gasteiger partial charge on any atom is 0.326 e. The number of hydrogen-bond donors (Lipinski definition) is 1. The third kappa shape index (κ3) is 2.58. The van der Waals surface area contributed by atoms with Crippen molar-refractivity contribution in [3.05, 3.63) is 11.6 Å². The highest BCUT2D eigenvalue weighted by Gasteiger charge is 2.31. The lowest BCUT2D eigenvalue weighted by atomic mass is 10.1. The molecule has 0 aromatic rings. The average molecular weight is 211 g/mol. The number of nitrogens with zero attached hydrogens (tertiary/aromatic N) is 1. The van der Waals surface area contributed by atoms with E-state index < -0.39 is 12.0 Å². The van der Waals surface area contributed by atoms with Crippen LogP contribution in [-0.4, -0.2) is 34.5 Å². The van der Waals surface area contributed by atoms with Crippen molar-refractivity contribution >= 4 is 11.9 Å². The number of carboxylic acids is 1. The molecule has 1 atom stereocenters. The topological polar surface area (TPSA) is 57.6 Å². The van der Waals surface area contributed by atoms with E-state index in [1.807, 2.05) is 6.92 Å². The lowest BCUT2D eigenvalue weighted by molar-refractivity contribution is -0.147. The number of hydrogen-bond acceptors (Lipinski definition) is 2. The SMILES string of the molecule is CCCC1=CC(=O)N(C(CC)C(=O)O)C1. The van der Waals surface area contributed by atoms with Crippen LogP contribution in [0, 0.1) is 0 Å². The van der Waals surface area contributed by atoms with Gasteiger partial charge in [0, 0.05) is 12.6 Å². The molecular weight excluding hydrogens is 194 g/mol. The minimum atomic E-state index is -0.919. The van der Waals surface area contributed by atoms with Gasteiger partial charge in [-0.25, -0.2) is 4.79 Å².